The van der Waals surface area contributed by atoms with Gasteiger partial charge in [-0.25, -0.2) is 4.98 Å². The zero-order valence-corrected chi connectivity index (χ0v) is 15.9. The van der Waals surface area contributed by atoms with Gasteiger partial charge in [-0.05, 0) is 37.8 Å². The molecule has 0 aromatic carbocycles. The van der Waals surface area contributed by atoms with Gasteiger partial charge in [0, 0.05) is 19.3 Å². The molecule has 0 bridgehead atoms. The average Bonchev–Trinajstić information content (AvgIpc) is 2.82. The minimum Gasteiger partial charge on any atom is -0.388 e. The third-order valence-electron chi connectivity index (χ3n) is 5.23. The summed E-state index contributed by atoms with van der Waals surface area (Å²) < 4.78 is 1.59. The first kappa shape index (κ1) is 19.2. The molecule has 2 unspecified atom stereocenters. The number of rotatable bonds is 6. The lowest BCUT2D eigenvalue weighted by Gasteiger charge is -2.29. The Morgan fingerprint density at radius 2 is 2.08 bits per heavy atom. The van der Waals surface area contributed by atoms with Crippen LogP contribution >= 0.6 is 0 Å². The van der Waals surface area contributed by atoms with Crippen LogP contribution in [0.4, 0.5) is 0 Å². The van der Waals surface area contributed by atoms with Crippen molar-refractivity contribution in [2.24, 2.45) is 13.0 Å². The minimum atomic E-state index is -0.951. The summed E-state index contributed by atoms with van der Waals surface area (Å²) in [4.78, 5) is 28.9. The van der Waals surface area contributed by atoms with Gasteiger partial charge in [-0.2, -0.15) is 0 Å². The van der Waals surface area contributed by atoms with Gasteiger partial charge in [0.05, 0.1) is 17.4 Å². The Labute approximate surface area is 147 Å². The van der Waals surface area contributed by atoms with Gasteiger partial charge in [0.15, 0.2) is 5.65 Å². The molecule has 2 aromatic rings. The molecule has 2 rings (SSSR count). The van der Waals surface area contributed by atoms with Crippen LogP contribution in [0.3, 0.4) is 0 Å². The molecule has 7 heteroatoms. The maximum absolute atomic E-state index is 12.4. The number of aromatic nitrogens is 3. The number of aliphatic hydroxyl groups is 1. The molecule has 0 aliphatic heterocycles. The van der Waals surface area contributed by atoms with Crippen LogP contribution in [-0.2, 0) is 18.3 Å². The van der Waals surface area contributed by atoms with Crippen LogP contribution in [0, 0.1) is 19.8 Å². The summed E-state index contributed by atoms with van der Waals surface area (Å²) in [6.07, 6.45) is 0.962. The van der Waals surface area contributed by atoms with Gasteiger partial charge in [0.1, 0.15) is 0 Å². The van der Waals surface area contributed by atoms with Gasteiger partial charge in [-0.15, -0.1) is 0 Å². The highest BCUT2D eigenvalue weighted by molar-refractivity contribution is 5.84. The van der Waals surface area contributed by atoms with Crippen molar-refractivity contribution in [3.8, 4) is 0 Å². The van der Waals surface area contributed by atoms with E-state index in [-0.39, 0.29) is 30.3 Å². The first-order valence-electron chi connectivity index (χ1n) is 8.62. The Hall–Kier alpha value is -2.15. The number of aryl methyl sites for hydroxylation is 3. The van der Waals surface area contributed by atoms with Crippen LogP contribution in [0.15, 0.2) is 4.79 Å². The lowest BCUT2D eigenvalue weighted by atomic mass is 9.88. The minimum absolute atomic E-state index is 0.0807. The van der Waals surface area contributed by atoms with Crippen molar-refractivity contribution in [3.05, 3.63) is 27.2 Å². The van der Waals surface area contributed by atoms with Crippen molar-refractivity contribution in [3.63, 3.8) is 0 Å². The largest absolute Gasteiger partial charge is 0.388 e. The number of nitrogens with zero attached hydrogens (tertiary/aromatic N) is 2. The van der Waals surface area contributed by atoms with E-state index in [0.717, 1.165) is 23.2 Å². The Morgan fingerprint density at radius 3 is 2.68 bits per heavy atom. The predicted molar refractivity (Wildman–Crippen MR) is 97.6 cm³/mol. The van der Waals surface area contributed by atoms with Gasteiger partial charge in [-0.3, -0.25) is 19.4 Å². The maximum atomic E-state index is 12.4. The maximum Gasteiger partial charge on any atom is 0.273 e. The molecule has 7 nitrogen and oxygen atoms in total. The molecule has 0 saturated heterocycles. The number of H-pyrrole nitrogens is 1. The van der Waals surface area contributed by atoms with E-state index in [9.17, 15) is 14.7 Å². The van der Waals surface area contributed by atoms with E-state index in [0.29, 0.717) is 11.0 Å². The van der Waals surface area contributed by atoms with E-state index < -0.39 is 5.60 Å². The monoisotopic (exact) mass is 348 g/mol. The number of hydrogen-bond acceptors (Lipinski definition) is 4. The molecule has 0 aliphatic carbocycles. The van der Waals surface area contributed by atoms with Gasteiger partial charge in [0.2, 0.25) is 5.91 Å². The van der Waals surface area contributed by atoms with E-state index in [4.69, 9.17) is 0 Å². The molecule has 0 aliphatic rings. The summed E-state index contributed by atoms with van der Waals surface area (Å²) in [5, 5.41) is 16.4. The standard InChI is InChI=1S/C18H28N4O3/c1-7-10(2)18(5,25)9-19-14(23)8-13-11(3)15-16(20-12(13)4)22(6)21-17(15)24/h10,25H,7-9H2,1-6H3,(H,19,23)(H,21,24). The number of aromatic amines is 1. The molecule has 0 radical (unpaired) electrons. The highest BCUT2D eigenvalue weighted by Gasteiger charge is 2.27. The third-order valence-corrected chi connectivity index (χ3v) is 5.23. The van der Waals surface area contributed by atoms with Crippen LogP contribution in [0.5, 0.6) is 0 Å². The van der Waals surface area contributed by atoms with Crippen molar-refractivity contribution in [1.29, 1.82) is 0 Å². The number of pyridine rings is 1. The molecule has 2 aromatic heterocycles. The van der Waals surface area contributed by atoms with Gasteiger partial charge >= 0.3 is 0 Å². The Morgan fingerprint density at radius 1 is 1.44 bits per heavy atom. The summed E-state index contributed by atoms with van der Waals surface area (Å²) in [6, 6.07) is 0. The molecule has 1 amide bonds. The van der Waals surface area contributed by atoms with Crippen LogP contribution in [0.2, 0.25) is 0 Å². The number of carbonyl (C=O) groups excluding carboxylic acids is 1. The predicted octanol–water partition coefficient (Wildman–Crippen LogP) is 1.33. The van der Waals surface area contributed by atoms with Crippen LogP contribution in [0.25, 0.3) is 11.0 Å². The Balaban J connectivity index is 2.22. The number of carbonyl (C=O) groups is 1. The summed E-state index contributed by atoms with van der Waals surface area (Å²) in [5.41, 5.74) is 1.68. The zero-order chi connectivity index (χ0) is 18.9. The molecule has 2 atom stereocenters. The molecule has 0 fully saturated rings. The van der Waals surface area contributed by atoms with Crippen LogP contribution in [0.1, 0.15) is 44.0 Å². The lowest BCUT2D eigenvalue weighted by molar-refractivity contribution is -0.122. The summed E-state index contributed by atoms with van der Waals surface area (Å²) in [5.74, 6) is -0.111. The second-order valence-electron chi connectivity index (χ2n) is 7.12. The summed E-state index contributed by atoms with van der Waals surface area (Å²) in [7, 11) is 1.74. The highest BCUT2D eigenvalue weighted by Crippen LogP contribution is 2.21. The van der Waals surface area contributed by atoms with Crippen molar-refractivity contribution in [2.75, 3.05) is 6.54 Å². The van der Waals surface area contributed by atoms with Crippen molar-refractivity contribution < 1.29 is 9.90 Å². The fourth-order valence-electron chi connectivity index (χ4n) is 3.02. The highest BCUT2D eigenvalue weighted by atomic mass is 16.3. The number of nitrogens with one attached hydrogen (secondary N) is 2. The molecule has 0 spiro atoms. The molecule has 138 valence electrons. The molecule has 25 heavy (non-hydrogen) atoms. The van der Waals surface area contributed by atoms with Crippen LogP contribution < -0.4 is 10.9 Å². The molecular formula is C18H28N4O3. The second kappa shape index (κ2) is 7.00. The number of amides is 1. The summed E-state index contributed by atoms with van der Waals surface area (Å²) >= 11 is 0. The first-order chi connectivity index (χ1) is 11.6. The first-order valence-corrected chi connectivity index (χ1v) is 8.62. The summed E-state index contributed by atoms with van der Waals surface area (Å²) in [6.45, 7) is 9.56. The van der Waals surface area contributed by atoms with E-state index in [1.807, 2.05) is 27.7 Å². The molecule has 0 saturated carbocycles. The van der Waals surface area contributed by atoms with E-state index in [1.54, 1.807) is 18.7 Å². The lowest BCUT2D eigenvalue weighted by Crippen LogP contribution is -2.45. The van der Waals surface area contributed by atoms with Crippen molar-refractivity contribution in [2.45, 2.75) is 53.1 Å². The van der Waals surface area contributed by atoms with Crippen molar-refractivity contribution in [1.82, 2.24) is 20.1 Å². The molecular weight excluding hydrogens is 320 g/mol. The van der Waals surface area contributed by atoms with Gasteiger partial charge in [0.25, 0.3) is 5.56 Å². The van der Waals surface area contributed by atoms with Crippen LogP contribution in [-0.4, -0.2) is 37.9 Å². The Bertz CT molecular complexity index is 848. The SMILES string of the molecule is CCC(C)C(C)(O)CNC(=O)Cc1c(C)nc2c(c1C)c(=O)[nH]n2C. The zero-order valence-electron chi connectivity index (χ0n) is 15.9. The van der Waals surface area contributed by atoms with E-state index >= 15 is 0 Å². The van der Waals surface area contributed by atoms with E-state index in [1.165, 1.54) is 0 Å². The fraction of sp³-hybridized carbons (Fsp3) is 0.611. The van der Waals surface area contributed by atoms with Gasteiger partial charge in [-0.1, -0.05) is 20.3 Å². The Kier molecular flexibility index (Phi) is 5.37. The average molecular weight is 348 g/mol. The van der Waals surface area contributed by atoms with Gasteiger partial charge < -0.3 is 10.4 Å². The number of hydrogen-bond donors (Lipinski definition) is 3. The topological polar surface area (TPSA) is 100 Å². The quantitative estimate of drug-likeness (QED) is 0.733. The normalized spacial score (nSPS) is 15.2. The van der Waals surface area contributed by atoms with Crippen molar-refractivity contribution >= 4 is 16.9 Å². The molecule has 3 N–H and O–H groups in total. The molecule has 2 heterocycles. The third kappa shape index (κ3) is 3.76. The fourth-order valence-corrected chi connectivity index (χ4v) is 3.02. The smallest absolute Gasteiger partial charge is 0.273 e. The second-order valence-corrected chi connectivity index (χ2v) is 7.12. The number of fused-ring (bicyclic) bond motifs is 1. The van der Waals surface area contributed by atoms with E-state index in [2.05, 4.69) is 15.4 Å².